The highest BCUT2D eigenvalue weighted by Crippen LogP contribution is 2.33. The Bertz CT molecular complexity index is 388. The number of hydrogen-bond acceptors (Lipinski definition) is 3. The van der Waals surface area contributed by atoms with Gasteiger partial charge >= 0.3 is 0 Å². The summed E-state index contributed by atoms with van der Waals surface area (Å²) in [7, 11) is 0. The second-order valence-corrected chi connectivity index (χ2v) is 5.01. The van der Waals surface area contributed by atoms with E-state index in [0.29, 0.717) is 18.7 Å². The average Bonchev–Trinajstić information content (AvgIpc) is 2.96. The summed E-state index contributed by atoms with van der Waals surface area (Å²) in [5.41, 5.74) is 8.77. The second-order valence-electron chi connectivity index (χ2n) is 5.01. The monoisotopic (exact) mass is 232 g/mol. The van der Waals surface area contributed by atoms with Gasteiger partial charge in [-0.3, -0.25) is 4.90 Å². The Morgan fingerprint density at radius 3 is 3.00 bits per heavy atom. The Hall–Kier alpha value is -0.900. The van der Waals surface area contributed by atoms with Gasteiger partial charge in [-0.1, -0.05) is 24.3 Å². The van der Waals surface area contributed by atoms with E-state index in [2.05, 4.69) is 29.2 Å². The van der Waals surface area contributed by atoms with E-state index in [-0.39, 0.29) is 0 Å². The molecular formula is C14H20N2O. The topological polar surface area (TPSA) is 38.5 Å². The Kier molecular flexibility index (Phi) is 3.14. The van der Waals surface area contributed by atoms with Gasteiger partial charge in [0.05, 0.1) is 6.10 Å². The van der Waals surface area contributed by atoms with Crippen molar-refractivity contribution in [3.8, 4) is 0 Å². The van der Waals surface area contributed by atoms with Crippen molar-refractivity contribution in [1.82, 2.24) is 4.90 Å². The van der Waals surface area contributed by atoms with Crippen LogP contribution in [0.3, 0.4) is 0 Å². The SMILES string of the molecule is NCC1c2ccccc2CN1CC1CCCO1. The van der Waals surface area contributed by atoms with Crippen molar-refractivity contribution >= 4 is 0 Å². The molecule has 0 radical (unpaired) electrons. The van der Waals surface area contributed by atoms with Crippen LogP contribution in [0.4, 0.5) is 0 Å². The number of hydrogen-bond donors (Lipinski definition) is 1. The first kappa shape index (κ1) is 11.2. The third-order valence-corrected chi connectivity index (χ3v) is 3.91. The van der Waals surface area contributed by atoms with Gasteiger partial charge < -0.3 is 10.5 Å². The van der Waals surface area contributed by atoms with E-state index >= 15 is 0 Å². The summed E-state index contributed by atoms with van der Waals surface area (Å²) in [4.78, 5) is 2.47. The molecule has 0 bridgehead atoms. The Morgan fingerprint density at radius 1 is 1.35 bits per heavy atom. The van der Waals surface area contributed by atoms with Gasteiger partial charge in [0.2, 0.25) is 0 Å². The molecule has 2 unspecified atom stereocenters. The lowest BCUT2D eigenvalue weighted by molar-refractivity contribution is 0.0609. The Balaban J connectivity index is 1.74. The van der Waals surface area contributed by atoms with Crippen LogP contribution in [0.15, 0.2) is 24.3 Å². The molecule has 3 rings (SSSR count). The lowest BCUT2D eigenvalue weighted by Crippen LogP contribution is -2.34. The maximum atomic E-state index is 5.93. The quantitative estimate of drug-likeness (QED) is 0.861. The molecule has 92 valence electrons. The maximum absolute atomic E-state index is 5.93. The van der Waals surface area contributed by atoms with E-state index in [1.54, 1.807) is 0 Å². The van der Waals surface area contributed by atoms with Gasteiger partial charge in [0.15, 0.2) is 0 Å². The molecule has 1 aromatic rings. The maximum Gasteiger partial charge on any atom is 0.0703 e. The third kappa shape index (κ3) is 2.10. The fourth-order valence-corrected chi connectivity index (χ4v) is 3.05. The van der Waals surface area contributed by atoms with Gasteiger partial charge in [-0.05, 0) is 24.0 Å². The highest BCUT2D eigenvalue weighted by Gasteiger charge is 2.31. The highest BCUT2D eigenvalue weighted by atomic mass is 16.5. The van der Waals surface area contributed by atoms with Crippen molar-refractivity contribution in [1.29, 1.82) is 0 Å². The summed E-state index contributed by atoms with van der Waals surface area (Å²) < 4.78 is 5.72. The van der Waals surface area contributed by atoms with E-state index < -0.39 is 0 Å². The molecular weight excluding hydrogens is 212 g/mol. The first-order valence-corrected chi connectivity index (χ1v) is 6.52. The van der Waals surface area contributed by atoms with Crippen molar-refractivity contribution in [2.24, 2.45) is 5.73 Å². The molecule has 3 heteroatoms. The van der Waals surface area contributed by atoms with Crippen LogP contribution in [0.25, 0.3) is 0 Å². The molecule has 0 amide bonds. The minimum absolute atomic E-state index is 0.385. The zero-order valence-corrected chi connectivity index (χ0v) is 10.1. The van der Waals surface area contributed by atoms with Crippen molar-refractivity contribution in [3.05, 3.63) is 35.4 Å². The van der Waals surface area contributed by atoms with E-state index in [9.17, 15) is 0 Å². The number of nitrogens with two attached hydrogens (primary N) is 1. The number of ether oxygens (including phenoxy) is 1. The summed E-state index contributed by atoms with van der Waals surface area (Å²) in [6.07, 6.45) is 2.82. The molecule has 17 heavy (non-hydrogen) atoms. The van der Waals surface area contributed by atoms with Crippen molar-refractivity contribution in [3.63, 3.8) is 0 Å². The van der Waals surface area contributed by atoms with E-state index in [4.69, 9.17) is 10.5 Å². The van der Waals surface area contributed by atoms with E-state index in [0.717, 1.165) is 19.7 Å². The van der Waals surface area contributed by atoms with Gasteiger partial charge in [-0.2, -0.15) is 0 Å². The molecule has 3 nitrogen and oxygen atoms in total. The molecule has 0 spiro atoms. The van der Waals surface area contributed by atoms with Gasteiger partial charge in [0.25, 0.3) is 0 Å². The van der Waals surface area contributed by atoms with Crippen molar-refractivity contribution in [2.75, 3.05) is 19.7 Å². The van der Waals surface area contributed by atoms with Crippen LogP contribution in [-0.4, -0.2) is 30.7 Å². The minimum atomic E-state index is 0.385. The third-order valence-electron chi connectivity index (χ3n) is 3.91. The molecule has 0 aromatic heterocycles. The number of benzene rings is 1. The van der Waals surface area contributed by atoms with Crippen LogP contribution in [0, 0.1) is 0 Å². The second kappa shape index (κ2) is 4.77. The molecule has 0 saturated carbocycles. The summed E-state index contributed by atoms with van der Waals surface area (Å²) >= 11 is 0. The summed E-state index contributed by atoms with van der Waals surface area (Å²) in [6.45, 7) is 3.68. The fraction of sp³-hybridized carbons (Fsp3) is 0.571. The van der Waals surface area contributed by atoms with Crippen LogP contribution in [-0.2, 0) is 11.3 Å². The molecule has 2 aliphatic heterocycles. The van der Waals surface area contributed by atoms with Crippen LogP contribution in [0.1, 0.15) is 30.0 Å². The zero-order chi connectivity index (χ0) is 11.7. The predicted octanol–water partition coefficient (Wildman–Crippen LogP) is 1.68. The lowest BCUT2D eigenvalue weighted by atomic mass is 10.1. The number of nitrogens with zero attached hydrogens (tertiary/aromatic N) is 1. The van der Waals surface area contributed by atoms with Crippen LogP contribution < -0.4 is 5.73 Å². The van der Waals surface area contributed by atoms with Gasteiger partial charge in [0.1, 0.15) is 0 Å². The molecule has 2 heterocycles. The summed E-state index contributed by atoms with van der Waals surface area (Å²) in [5.74, 6) is 0. The van der Waals surface area contributed by atoms with E-state index in [1.807, 2.05) is 0 Å². The van der Waals surface area contributed by atoms with Gasteiger partial charge in [-0.25, -0.2) is 0 Å². The van der Waals surface area contributed by atoms with Gasteiger partial charge in [-0.15, -0.1) is 0 Å². The Morgan fingerprint density at radius 2 is 2.24 bits per heavy atom. The Labute approximate surface area is 103 Å². The van der Waals surface area contributed by atoms with Crippen LogP contribution in [0.2, 0.25) is 0 Å². The first-order chi connectivity index (χ1) is 8.38. The molecule has 0 aliphatic carbocycles. The predicted molar refractivity (Wildman–Crippen MR) is 67.6 cm³/mol. The van der Waals surface area contributed by atoms with Crippen LogP contribution >= 0.6 is 0 Å². The standard InChI is InChI=1S/C14H20N2O/c15-8-14-13-6-2-1-4-11(13)9-16(14)10-12-5-3-7-17-12/h1-2,4,6,12,14H,3,5,7-10,15H2. The van der Waals surface area contributed by atoms with E-state index in [1.165, 1.54) is 24.0 Å². The molecule has 1 aromatic carbocycles. The fourth-order valence-electron chi connectivity index (χ4n) is 3.05. The lowest BCUT2D eigenvalue weighted by Gasteiger charge is -2.26. The van der Waals surface area contributed by atoms with Crippen molar-refractivity contribution in [2.45, 2.75) is 31.5 Å². The van der Waals surface area contributed by atoms with Crippen molar-refractivity contribution < 1.29 is 4.74 Å². The zero-order valence-electron chi connectivity index (χ0n) is 10.1. The first-order valence-electron chi connectivity index (χ1n) is 6.52. The largest absolute Gasteiger partial charge is 0.377 e. The number of fused-ring (bicyclic) bond motifs is 1. The molecule has 2 aliphatic rings. The minimum Gasteiger partial charge on any atom is -0.377 e. The van der Waals surface area contributed by atoms with Crippen LogP contribution in [0.5, 0.6) is 0 Å². The average molecular weight is 232 g/mol. The van der Waals surface area contributed by atoms with Gasteiger partial charge in [0, 0.05) is 32.3 Å². The normalized spacial score (nSPS) is 28.5. The molecule has 1 saturated heterocycles. The highest BCUT2D eigenvalue weighted by molar-refractivity contribution is 5.34. The molecule has 2 N–H and O–H groups in total. The molecule has 1 fully saturated rings. The molecule has 2 atom stereocenters. The summed E-state index contributed by atoms with van der Waals surface area (Å²) in [5, 5.41) is 0. The number of rotatable bonds is 3. The summed E-state index contributed by atoms with van der Waals surface area (Å²) in [6, 6.07) is 9.03. The smallest absolute Gasteiger partial charge is 0.0703 e.